The minimum Gasteiger partial charge on any atom is -0.462 e. The Hall–Kier alpha value is -4.02. The van der Waals surface area contributed by atoms with Crippen molar-refractivity contribution in [1.29, 1.82) is 5.41 Å². The third-order valence-corrected chi connectivity index (χ3v) is 6.26. The number of ether oxygens (including phenoxy) is 1. The second kappa shape index (κ2) is 9.70. The Morgan fingerprint density at radius 2 is 1.82 bits per heavy atom. The van der Waals surface area contributed by atoms with Gasteiger partial charge < -0.3 is 19.5 Å². The molecule has 1 unspecified atom stereocenters. The Morgan fingerprint density at radius 3 is 2.45 bits per heavy atom. The Kier molecular flexibility index (Phi) is 6.90. The van der Waals surface area contributed by atoms with Crippen molar-refractivity contribution in [1.82, 2.24) is 14.5 Å². The number of rotatable bonds is 7. The number of benzene rings is 2. The van der Waals surface area contributed by atoms with Crippen molar-refractivity contribution in [3.8, 4) is 0 Å². The molecule has 4 rings (SSSR count). The van der Waals surface area contributed by atoms with Crippen LogP contribution < -0.4 is 11.0 Å². The molecule has 8 nitrogen and oxygen atoms in total. The molecular weight excluding hydrogens is 499 g/mol. The highest BCUT2D eigenvalue weighted by Gasteiger charge is 2.36. The lowest BCUT2D eigenvalue weighted by Crippen LogP contribution is -2.40. The van der Waals surface area contributed by atoms with Crippen molar-refractivity contribution in [2.75, 3.05) is 11.9 Å². The van der Waals surface area contributed by atoms with Gasteiger partial charge in [-0.05, 0) is 63.9 Å². The largest absolute Gasteiger partial charge is 0.462 e. The van der Waals surface area contributed by atoms with E-state index in [1.807, 2.05) is 25.1 Å². The smallest absolute Gasteiger partial charge is 0.416 e. The average molecular weight is 530 g/mol. The maximum Gasteiger partial charge on any atom is 0.416 e. The number of nitrogens with one attached hydrogen (secondary N) is 3. The first-order chi connectivity index (χ1) is 17.7. The first-order valence-corrected chi connectivity index (χ1v) is 12.0. The highest BCUT2D eigenvalue weighted by Crippen LogP contribution is 2.34. The van der Waals surface area contributed by atoms with Gasteiger partial charge in [-0.1, -0.05) is 24.3 Å². The molecule has 11 heteroatoms. The molecule has 38 heavy (non-hydrogen) atoms. The average Bonchev–Trinajstić information content (AvgIpc) is 3.39. The number of imidazole rings is 1. The normalized spacial score (nSPS) is 13.9. The fraction of sp³-hybridized carbons (Fsp3) is 0.370. The number of H-pyrrole nitrogens is 1. The van der Waals surface area contributed by atoms with Crippen LogP contribution in [0.15, 0.2) is 53.1 Å². The molecule has 0 spiro atoms. The summed E-state index contributed by atoms with van der Waals surface area (Å²) < 4.78 is 52.9. The quantitative estimate of drug-likeness (QED) is 0.265. The SMILES string of the molecule is Cc1coc(=N)n1Cc1cccc2[nH]c(NC(C)(COC(=O)C(C)(C)C)c3cccc(C(F)(F)F)c3)nc12. The van der Waals surface area contributed by atoms with E-state index in [-0.39, 0.29) is 17.9 Å². The van der Waals surface area contributed by atoms with Gasteiger partial charge in [-0.25, -0.2) is 4.98 Å². The minimum atomic E-state index is -4.53. The molecule has 0 aliphatic rings. The van der Waals surface area contributed by atoms with E-state index in [9.17, 15) is 18.0 Å². The van der Waals surface area contributed by atoms with E-state index in [1.54, 1.807) is 38.3 Å². The van der Waals surface area contributed by atoms with Crippen molar-refractivity contribution in [3.05, 3.63) is 76.8 Å². The monoisotopic (exact) mass is 529 g/mol. The van der Waals surface area contributed by atoms with Crippen LogP contribution in [0.25, 0.3) is 11.0 Å². The summed E-state index contributed by atoms with van der Waals surface area (Å²) in [5.74, 6) is -0.192. The number of halogens is 3. The van der Waals surface area contributed by atoms with Gasteiger partial charge in [0, 0.05) is 0 Å². The molecule has 0 amide bonds. The number of anilines is 1. The zero-order valence-corrected chi connectivity index (χ0v) is 21.8. The number of aryl methyl sites for hydroxylation is 1. The topological polar surface area (TPSA) is 109 Å². The fourth-order valence-corrected chi connectivity index (χ4v) is 3.99. The zero-order chi connectivity index (χ0) is 27.9. The van der Waals surface area contributed by atoms with Gasteiger partial charge >= 0.3 is 12.1 Å². The number of esters is 1. The van der Waals surface area contributed by atoms with E-state index < -0.39 is 28.7 Å². The second-order valence-electron chi connectivity index (χ2n) is 10.5. The van der Waals surface area contributed by atoms with E-state index >= 15 is 0 Å². The summed E-state index contributed by atoms with van der Waals surface area (Å²) in [6.45, 7) is 8.70. The number of hydrogen-bond acceptors (Lipinski definition) is 6. The predicted octanol–water partition coefficient (Wildman–Crippen LogP) is 5.73. The molecule has 0 fully saturated rings. The Labute approximate surface area is 217 Å². The van der Waals surface area contributed by atoms with E-state index in [1.165, 1.54) is 12.3 Å². The fourth-order valence-electron chi connectivity index (χ4n) is 3.99. The van der Waals surface area contributed by atoms with E-state index in [0.29, 0.717) is 23.5 Å². The standard InChI is InChI=1S/C27H30F3N5O3/c1-16-14-37-23(31)35(16)13-17-8-6-11-20-21(17)33-24(32-20)34-26(5,15-38-22(36)25(2,3)4)18-9-7-10-19(12-18)27(28,29)30/h6-12,14,31H,13,15H2,1-5H3,(H2,32,33,34). The van der Waals surface area contributed by atoms with Crippen molar-refractivity contribution in [2.45, 2.75) is 52.9 Å². The molecular formula is C27H30F3N5O3. The number of carbonyl (C=O) groups excluding carboxylic acids is 1. The number of alkyl halides is 3. The number of fused-ring (bicyclic) bond motifs is 1. The van der Waals surface area contributed by atoms with Gasteiger partial charge in [0.05, 0.1) is 39.8 Å². The summed E-state index contributed by atoms with van der Waals surface area (Å²) in [5, 5.41) is 11.2. The van der Waals surface area contributed by atoms with Crippen LogP contribution in [-0.4, -0.2) is 27.1 Å². The summed E-state index contributed by atoms with van der Waals surface area (Å²) in [5.41, 5.74) is 0.341. The van der Waals surface area contributed by atoms with E-state index in [4.69, 9.17) is 14.6 Å². The molecule has 2 aromatic carbocycles. The molecule has 0 saturated heterocycles. The molecule has 0 radical (unpaired) electrons. The summed E-state index contributed by atoms with van der Waals surface area (Å²) in [6, 6.07) is 10.5. The number of aromatic amines is 1. The number of carbonyl (C=O) groups is 1. The van der Waals surface area contributed by atoms with E-state index in [0.717, 1.165) is 23.4 Å². The predicted molar refractivity (Wildman–Crippen MR) is 135 cm³/mol. The number of nitrogens with zero attached hydrogens (tertiary/aromatic N) is 2. The molecule has 202 valence electrons. The van der Waals surface area contributed by atoms with E-state index in [2.05, 4.69) is 15.3 Å². The lowest BCUT2D eigenvalue weighted by molar-refractivity contribution is -0.154. The molecule has 0 bridgehead atoms. The van der Waals surface area contributed by atoms with Crippen molar-refractivity contribution in [3.63, 3.8) is 0 Å². The van der Waals surface area contributed by atoms with Crippen LogP contribution in [0.3, 0.4) is 0 Å². The second-order valence-corrected chi connectivity index (χ2v) is 10.5. The van der Waals surface area contributed by atoms with Gasteiger partial charge in [-0.3, -0.25) is 14.8 Å². The number of para-hydroxylation sites is 1. The van der Waals surface area contributed by atoms with Crippen molar-refractivity contribution < 1.29 is 27.1 Å². The molecule has 2 heterocycles. The minimum absolute atomic E-state index is 0.00572. The summed E-state index contributed by atoms with van der Waals surface area (Å²) in [6.07, 6.45) is -3.04. The van der Waals surface area contributed by atoms with Crippen LogP contribution in [0.4, 0.5) is 19.1 Å². The molecule has 0 aliphatic heterocycles. The first-order valence-electron chi connectivity index (χ1n) is 12.0. The van der Waals surface area contributed by atoms with Crippen LogP contribution in [0.5, 0.6) is 0 Å². The van der Waals surface area contributed by atoms with Crippen LogP contribution in [0, 0.1) is 17.7 Å². The van der Waals surface area contributed by atoms with Crippen LogP contribution >= 0.6 is 0 Å². The Morgan fingerprint density at radius 1 is 1.13 bits per heavy atom. The maximum absolute atomic E-state index is 13.5. The lowest BCUT2D eigenvalue weighted by Gasteiger charge is -2.32. The number of oxazole rings is 1. The van der Waals surface area contributed by atoms with Gasteiger partial charge in [-0.2, -0.15) is 13.2 Å². The number of aromatic nitrogens is 3. The van der Waals surface area contributed by atoms with Gasteiger partial charge in [0.15, 0.2) is 0 Å². The van der Waals surface area contributed by atoms with Gasteiger partial charge in [0.25, 0.3) is 5.68 Å². The van der Waals surface area contributed by atoms with Crippen LogP contribution in [0.1, 0.15) is 50.1 Å². The first kappa shape index (κ1) is 27.0. The van der Waals surface area contributed by atoms with Gasteiger partial charge in [0.1, 0.15) is 12.9 Å². The third kappa shape index (κ3) is 5.61. The lowest BCUT2D eigenvalue weighted by atomic mass is 9.91. The van der Waals surface area contributed by atoms with Crippen molar-refractivity contribution >= 4 is 23.0 Å². The van der Waals surface area contributed by atoms with Gasteiger partial charge in [-0.15, -0.1) is 0 Å². The summed E-state index contributed by atoms with van der Waals surface area (Å²) in [7, 11) is 0. The molecule has 4 aromatic rings. The molecule has 0 saturated carbocycles. The number of hydrogen-bond donors (Lipinski definition) is 3. The maximum atomic E-state index is 13.5. The highest BCUT2D eigenvalue weighted by atomic mass is 19.4. The van der Waals surface area contributed by atoms with Crippen molar-refractivity contribution in [2.24, 2.45) is 5.41 Å². The Balaban J connectivity index is 1.72. The summed E-state index contributed by atoms with van der Waals surface area (Å²) in [4.78, 5) is 20.4. The molecule has 1 atom stereocenters. The molecule has 0 aliphatic carbocycles. The van der Waals surface area contributed by atoms with Crippen LogP contribution in [-0.2, 0) is 27.8 Å². The molecule has 2 aromatic heterocycles. The van der Waals surface area contributed by atoms with Crippen LogP contribution in [0.2, 0.25) is 0 Å². The third-order valence-electron chi connectivity index (χ3n) is 6.26. The Bertz CT molecular complexity index is 1530. The zero-order valence-electron chi connectivity index (χ0n) is 21.8. The molecule has 3 N–H and O–H groups in total. The highest BCUT2D eigenvalue weighted by molar-refractivity contribution is 5.81. The summed E-state index contributed by atoms with van der Waals surface area (Å²) >= 11 is 0. The van der Waals surface area contributed by atoms with Gasteiger partial charge in [0.2, 0.25) is 5.95 Å².